The van der Waals surface area contributed by atoms with E-state index in [1.807, 2.05) is 12.1 Å². The number of nitrogens with zero attached hydrogens (tertiary/aromatic N) is 1. The lowest BCUT2D eigenvalue weighted by Crippen LogP contribution is -2.43. The molecule has 1 aliphatic rings. The Kier molecular flexibility index (Phi) is 6.30. The molecule has 2 N–H and O–H groups in total. The van der Waals surface area contributed by atoms with Crippen LogP contribution in [0.15, 0.2) is 45.6 Å². The molecule has 136 valence electrons. The van der Waals surface area contributed by atoms with E-state index >= 15 is 0 Å². The number of nitrogens with one attached hydrogen (secondary N) is 1. The maximum atomic E-state index is 12.3. The summed E-state index contributed by atoms with van der Waals surface area (Å²) in [5.41, 5.74) is 0. The molecule has 2 atom stereocenters. The molecule has 0 aromatic carbocycles. The molecule has 2 unspecified atom stereocenters. The highest BCUT2D eigenvalue weighted by atomic mass is 16.4. The van der Waals surface area contributed by atoms with Crippen LogP contribution in [0.1, 0.15) is 49.7 Å². The van der Waals surface area contributed by atoms with E-state index in [0.29, 0.717) is 25.3 Å². The standard InChI is InChI=1S/C19H26N2O4/c22-17(18-8-5-11-25-18)12-15-6-2-1-3-9-21(15)14-19(23)20-13-16-7-4-10-24-16/h4-5,7-8,10-11,15,17,22H,1-3,6,9,12-14H2,(H,20,23). The summed E-state index contributed by atoms with van der Waals surface area (Å²) in [7, 11) is 0. The molecule has 6 heteroatoms. The minimum absolute atomic E-state index is 0.0178. The van der Waals surface area contributed by atoms with Gasteiger partial charge in [0.15, 0.2) is 0 Å². The Hall–Kier alpha value is -2.05. The molecule has 0 aliphatic carbocycles. The number of furan rings is 2. The first kappa shape index (κ1) is 17.8. The van der Waals surface area contributed by atoms with Crippen LogP contribution >= 0.6 is 0 Å². The summed E-state index contributed by atoms with van der Waals surface area (Å²) in [5, 5.41) is 13.3. The van der Waals surface area contributed by atoms with Crippen LogP contribution in [-0.2, 0) is 11.3 Å². The monoisotopic (exact) mass is 346 g/mol. The van der Waals surface area contributed by atoms with Crippen LogP contribution in [0.5, 0.6) is 0 Å². The Morgan fingerprint density at radius 3 is 2.84 bits per heavy atom. The first-order chi connectivity index (χ1) is 12.2. The van der Waals surface area contributed by atoms with Crippen molar-refractivity contribution in [3.8, 4) is 0 Å². The Labute approximate surface area is 147 Å². The average Bonchev–Trinajstić information content (AvgIpc) is 3.28. The van der Waals surface area contributed by atoms with Crippen molar-refractivity contribution in [3.05, 3.63) is 48.3 Å². The summed E-state index contributed by atoms with van der Waals surface area (Å²) in [6, 6.07) is 7.40. The maximum Gasteiger partial charge on any atom is 0.234 e. The first-order valence-electron chi connectivity index (χ1n) is 8.97. The number of amides is 1. The van der Waals surface area contributed by atoms with Crippen LogP contribution in [0.4, 0.5) is 0 Å². The highest BCUT2D eigenvalue weighted by Gasteiger charge is 2.26. The number of aliphatic hydroxyl groups is 1. The molecule has 1 fully saturated rings. The van der Waals surface area contributed by atoms with Gasteiger partial charge in [-0.1, -0.05) is 12.8 Å². The lowest BCUT2D eigenvalue weighted by molar-refractivity contribution is -0.123. The fourth-order valence-electron chi connectivity index (χ4n) is 3.41. The molecule has 2 aromatic heterocycles. The second-order valence-corrected chi connectivity index (χ2v) is 6.60. The molecule has 25 heavy (non-hydrogen) atoms. The van der Waals surface area contributed by atoms with Crippen molar-refractivity contribution < 1.29 is 18.7 Å². The van der Waals surface area contributed by atoms with Gasteiger partial charge in [0.25, 0.3) is 0 Å². The molecule has 1 aliphatic heterocycles. The number of aliphatic hydroxyl groups excluding tert-OH is 1. The van der Waals surface area contributed by atoms with Gasteiger partial charge < -0.3 is 19.3 Å². The third-order valence-corrected chi connectivity index (χ3v) is 4.75. The quantitative estimate of drug-likeness (QED) is 0.806. The highest BCUT2D eigenvalue weighted by molar-refractivity contribution is 5.78. The van der Waals surface area contributed by atoms with Crippen molar-refractivity contribution in [1.82, 2.24) is 10.2 Å². The van der Waals surface area contributed by atoms with Crippen LogP contribution in [0.3, 0.4) is 0 Å². The van der Waals surface area contributed by atoms with Crippen molar-refractivity contribution >= 4 is 5.91 Å². The molecule has 0 spiro atoms. The number of hydrogen-bond acceptors (Lipinski definition) is 5. The average molecular weight is 346 g/mol. The van der Waals surface area contributed by atoms with Gasteiger partial charge >= 0.3 is 0 Å². The molecule has 2 aromatic rings. The summed E-state index contributed by atoms with van der Waals surface area (Å²) in [6.45, 7) is 1.62. The van der Waals surface area contributed by atoms with E-state index in [1.165, 1.54) is 0 Å². The summed E-state index contributed by atoms with van der Waals surface area (Å²) >= 11 is 0. The van der Waals surface area contributed by atoms with Gasteiger partial charge in [-0.3, -0.25) is 9.69 Å². The second-order valence-electron chi connectivity index (χ2n) is 6.60. The zero-order valence-corrected chi connectivity index (χ0v) is 14.4. The van der Waals surface area contributed by atoms with E-state index in [-0.39, 0.29) is 11.9 Å². The van der Waals surface area contributed by atoms with Crippen molar-refractivity contribution in [3.63, 3.8) is 0 Å². The molecule has 6 nitrogen and oxygen atoms in total. The number of rotatable bonds is 7. The molecule has 0 bridgehead atoms. The summed E-state index contributed by atoms with van der Waals surface area (Å²) in [5.74, 6) is 1.32. The van der Waals surface area contributed by atoms with Gasteiger partial charge in [-0.05, 0) is 50.1 Å². The number of carbonyl (C=O) groups excluding carboxylic acids is 1. The largest absolute Gasteiger partial charge is 0.467 e. The Bertz CT molecular complexity index is 624. The van der Waals surface area contributed by atoms with Gasteiger partial charge in [-0.25, -0.2) is 0 Å². The molecule has 3 rings (SSSR count). The van der Waals surface area contributed by atoms with Crippen LogP contribution in [-0.4, -0.2) is 35.0 Å². The minimum Gasteiger partial charge on any atom is -0.467 e. The van der Waals surface area contributed by atoms with Crippen molar-refractivity contribution in [2.45, 2.75) is 50.8 Å². The van der Waals surface area contributed by atoms with E-state index in [4.69, 9.17) is 8.83 Å². The summed E-state index contributed by atoms with van der Waals surface area (Å²) in [6.07, 6.45) is 7.49. The van der Waals surface area contributed by atoms with Crippen LogP contribution < -0.4 is 5.32 Å². The van der Waals surface area contributed by atoms with E-state index < -0.39 is 6.10 Å². The van der Waals surface area contributed by atoms with Gasteiger partial charge in [-0.2, -0.15) is 0 Å². The number of carbonyl (C=O) groups is 1. The SMILES string of the molecule is O=C(CN1CCCCCC1CC(O)c1ccco1)NCc1ccco1. The zero-order valence-electron chi connectivity index (χ0n) is 14.4. The minimum atomic E-state index is -0.633. The predicted octanol–water partition coefficient (Wildman–Crippen LogP) is 2.86. The third-order valence-electron chi connectivity index (χ3n) is 4.75. The third kappa shape index (κ3) is 5.21. The fourth-order valence-corrected chi connectivity index (χ4v) is 3.41. The van der Waals surface area contributed by atoms with Crippen LogP contribution in [0.25, 0.3) is 0 Å². The summed E-state index contributed by atoms with van der Waals surface area (Å²) < 4.78 is 10.5. The van der Waals surface area contributed by atoms with Crippen molar-refractivity contribution in [2.24, 2.45) is 0 Å². The van der Waals surface area contributed by atoms with E-state index in [9.17, 15) is 9.90 Å². The van der Waals surface area contributed by atoms with E-state index in [1.54, 1.807) is 24.7 Å². The van der Waals surface area contributed by atoms with Crippen molar-refractivity contribution in [2.75, 3.05) is 13.1 Å². The molecular weight excluding hydrogens is 320 g/mol. The normalized spacial score (nSPS) is 20.1. The van der Waals surface area contributed by atoms with Gasteiger partial charge in [0, 0.05) is 6.04 Å². The van der Waals surface area contributed by atoms with Crippen molar-refractivity contribution in [1.29, 1.82) is 0 Å². The van der Waals surface area contributed by atoms with E-state index in [0.717, 1.165) is 38.0 Å². The Morgan fingerprint density at radius 2 is 2.08 bits per heavy atom. The molecule has 0 saturated carbocycles. The lowest BCUT2D eigenvalue weighted by Gasteiger charge is -2.30. The summed E-state index contributed by atoms with van der Waals surface area (Å²) in [4.78, 5) is 14.5. The molecule has 1 amide bonds. The highest BCUT2D eigenvalue weighted by Crippen LogP contribution is 2.26. The fraction of sp³-hybridized carbons (Fsp3) is 0.526. The van der Waals surface area contributed by atoms with Gasteiger partial charge in [0.2, 0.25) is 5.91 Å². The van der Waals surface area contributed by atoms with Gasteiger partial charge in [0.05, 0.1) is 25.6 Å². The van der Waals surface area contributed by atoms with E-state index in [2.05, 4.69) is 10.2 Å². The first-order valence-corrected chi connectivity index (χ1v) is 8.97. The lowest BCUT2D eigenvalue weighted by atomic mass is 10.0. The van der Waals surface area contributed by atoms with Gasteiger partial charge in [0.1, 0.15) is 17.6 Å². The zero-order chi connectivity index (χ0) is 17.5. The number of hydrogen-bond donors (Lipinski definition) is 2. The Morgan fingerprint density at radius 1 is 1.24 bits per heavy atom. The Balaban J connectivity index is 1.55. The maximum absolute atomic E-state index is 12.3. The molecular formula is C19H26N2O4. The predicted molar refractivity (Wildman–Crippen MR) is 92.7 cm³/mol. The smallest absolute Gasteiger partial charge is 0.234 e. The van der Waals surface area contributed by atoms with Crippen LogP contribution in [0.2, 0.25) is 0 Å². The molecule has 1 saturated heterocycles. The number of likely N-dealkylation sites (tertiary alicyclic amines) is 1. The van der Waals surface area contributed by atoms with Crippen LogP contribution in [0, 0.1) is 0 Å². The molecule has 3 heterocycles. The topological polar surface area (TPSA) is 78.9 Å². The second kappa shape index (κ2) is 8.87. The van der Waals surface area contributed by atoms with Gasteiger partial charge in [-0.15, -0.1) is 0 Å². The molecule has 0 radical (unpaired) electrons.